The van der Waals surface area contributed by atoms with Gasteiger partial charge in [0.25, 0.3) is 0 Å². The van der Waals surface area contributed by atoms with Crippen molar-refractivity contribution in [2.24, 2.45) is 0 Å². The number of hydrogen-bond acceptors (Lipinski definition) is 2. The third kappa shape index (κ3) is 6.30. The van der Waals surface area contributed by atoms with Crippen molar-refractivity contribution in [3.63, 3.8) is 0 Å². The lowest BCUT2D eigenvalue weighted by Gasteiger charge is -2.10. The van der Waals surface area contributed by atoms with Crippen molar-refractivity contribution in [1.82, 2.24) is 10.6 Å². The summed E-state index contributed by atoms with van der Waals surface area (Å²) in [4.78, 5) is 11.7. The minimum Gasteiger partial charge on any atom is -0.490 e. The van der Waals surface area contributed by atoms with Gasteiger partial charge in [0.05, 0.1) is 11.6 Å². The molecule has 0 aliphatic rings. The third-order valence-corrected chi connectivity index (χ3v) is 3.87. The molecule has 0 atom stereocenters. The van der Waals surface area contributed by atoms with Crippen LogP contribution in [0.3, 0.4) is 0 Å². The average molecular weight is 367 g/mol. The second kappa shape index (κ2) is 9.40. The molecule has 128 valence electrons. The van der Waals surface area contributed by atoms with Crippen molar-refractivity contribution in [1.29, 1.82) is 0 Å². The van der Waals surface area contributed by atoms with E-state index in [2.05, 4.69) is 10.6 Å². The standard InChI is InChI=1S/C18H20Cl2N2O2/c1-13-5-6-16(20)17(11-13)24-10-9-22-18(23)21-8-7-14-3-2-4-15(19)12-14/h2-6,11-12H,7-10H2,1H3,(H2,21,22,23). The molecule has 0 fully saturated rings. The zero-order valence-corrected chi connectivity index (χ0v) is 15.0. The normalized spacial score (nSPS) is 10.3. The molecule has 0 saturated heterocycles. The first-order chi connectivity index (χ1) is 11.5. The van der Waals surface area contributed by atoms with Crippen LogP contribution in [0.25, 0.3) is 0 Å². The SMILES string of the molecule is Cc1ccc(Cl)c(OCCNC(=O)NCCc2cccc(Cl)c2)c1. The summed E-state index contributed by atoms with van der Waals surface area (Å²) in [6, 6.07) is 12.9. The Morgan fingerprint density at radius 3 is 2.67 bits per heavy atom. The Labute approximate surface area is 152 Å². The lowest BCUT2D eigenvalue weighted by atomic mass is 10.1. The maximum Gasteiger partial charge on any atom is 0.314 e. The van der Waals surface area contributed by atoms with E-state index in [1.165, 1.54) is 0 Å². The Kier molecular flexibility index (Phi) is 7.22. The molecule has 2 rings (SSSR count). The Morgan fingerprint density at radius 1 is 1.08 bits per heavy atom. The number of ether oxygens (including phenoxy) is 1. The maximum absolute atomic E-state index is 11.7. The van der Waals surface area contributed by atoms with Gasteiger partial charge in [0, 0.05) is 11.6 Å². The van der Waals surface area contributed by atoms with Crippen molar-refractivity contribution in [3.05, 3.63) is 63.6 Å². The predicted molar refractivity (Wildman–Crippen MR) is 98.2 cm³/mol. The highest BCUT2D eigenvalue weighted by atomic mass is 35.5. The lowest BCUT2D eigenvalue weighted by Crippen LogP contribution is -2.38. The molecule has 0 bridgehead atoms. The molecule has 24 heavy (non-hydrogen) atoms. The van der Waals surface area contributed by atoms with E-state index >= 15 is 0 Å². The topological polar surface area (TPSA) is 50.4 Å². The predicted octanol–water partition coefficient (Wildman–Crippen LogP) is 4.22. The Bertz CT molecular complexity index is 692. The van der Waals surface area contributed by atoms with Crippen molar-refractivity contribution >= 4 is 29.2 Å². The van der Waals surface area contributed by atoms with Crippen LogP contribution in [0.4, 0.5) is 4.79 Å². The molecule has 0 spiro atoms. The third-order valence-electron chi connectivity index (χ3n) is 3.32. The maximum atomic E-state index is 11.7. The van der Waals surface area contributed by atoms with Gasteiger partial charge >= 0.3 is 6.03 Å². The van der Waals surface area contributed by atoms with E-state index in [-0.39, 0.29) is 6.03 Å². The minimum atomic E-state index is -0.226. The van der Waals surface area contributed by atoms with Crippen LogP contribution in [-0.4, -0.2) is 25.7 Å². The summed E-state index contributed by atoms with van der Waals surface area (Å²) in [5.41, 5.74) is 2.15. The number of aryl methyl sites for hydroxylation is 1. The van der Waals surface area contributed by atoms with Crippen LogP contribution in [-0.2, 0) is 6.42 Å². The van der Waals surface area contributed by atoms with E-state index in [1.807, 2.05) is 43.3 Å². The molecular weight excluding hydrogens is 347 g/mol. The van der Waals surface area contributed by atoms with Crippen molar-refractivity contribution in [2.45, 2.75) is 13.3 Å². The van der Waals surface area contributed by atoms with Crippen LogP contribution >= 0.6 is 23.2 Å². The number of benzene rings is 2. The number of hydrogen-bond donors (Lipinski definition) is 2. The van der Waals surface area contributed by atoms with E-state index in [0.29, 0.717) is 35.5 Å². The summed E-state index contributed by atoms with van der Waals surface area (Å²) in [5, 5.41) is 6.80. The zero-order valence-electron chi connectivity index (χ0n) is 13.4. The van der Waals surface area contributed by atoms with Gasteiger partial charge in [-0.2, -0.15) is 0 Å². The molecule has 2 aromatic rings. The fourth-order valence-electron chi connectivity index (χ4n) is 2.12. The Hall–Kier alpha value is -1.91. The highest BCUT2D eigenvalue weighted by Gasteiger charge is 2.03. The first-order valence-electron chi connectivity index (χ1n) is 7.69. The number of halogens is 2. The van der Waals surface area contributed by atoms with Crippen LogP contribution in [0, 0.1) is 6.92 Å². The van der Waals surface area contributed by atoms with Gasteiger partial charge in [-0.1, -0.05) is 41.4 Å². The molecule has 6 heteroatoms. The Morgan fingerprint density at radius 2 is 1.88 bits per heavy atom. The molecule has 2 aromatic carbocycles. The molecule has 0 aliphatic carbocycles. The monoisotopic (exact) mass is 366 g/mol. The second-order valence-corrected chi connectivity index (χ2v) is 6.19. The minimum absolute atomic E-state index is 0.226. The van der Waals surface area contributed by atoms with Gasteiger partial charge in [-0.3, -0.25) is 0 Å². The molecule has 2 amide bonds. The van der Waals surface area contributed by atoms with Gasteiger partial charge in [-0.25, -0.2) is 4.79 Å². The van der Waals surface area contributed by atoms with E-state index in [4.69, 9.17) is 27.9 Å². The van der Waals surface area contributed by atoms with E-state index in [0.717, 1.165) is 17.5 Å². The van der Waals surface area contributed by atoms with Crippen molar-refractivity contribution in [3.8, 4) is 5.75 Å². The average Bonchev–Trinajstić information content (AvgIpc) is 2.55. The molecule has 0 saturated carbocycles. The van der Waals surface area contributed by atoms with Crippen molar-refractivity contribution < 1.29 is 9.53 Å². The number of carbonyl (C=O) groups excluding carboxylic acids is 1. The van der Waals surface area contributed by atoms with Gasteiger partial charge in [0.15, 0.2) is 0 Å². The van der Waals surface area contributed by atoms with E-state index in [1.54, 1.807) is 6.07 Å². The molecule has 0 aliphatic heterocycles. The summed E-state index contributed by atoms with van der Waals surface area (Å²) in [6.45, 7) is 3.25. The summed E-state index contributed by atoms with van der Waals surface area (Å²) < 4.78 is 5.57. The van der Waals surface area contributed by atoms with Gasteiger partial charge < -0.3 is 15.4 Å². The first kappa shape index (κ1) is 18.4. The van der Waals surface area contributed by atoms with Gasteiger partial charge in [-0.05, 0) is 48.7 Å². The van der Waals surface area contributed by atoms with Crippen molar-refractivity contribution in [2.75, 3.05) is 19.7 Å². The summed E-state index contributed by atoms with van der Waals surface area (Å²) in [7, 11) is 0. The van der Waals surface area contributed by atoms with Gasteiger partial charge in [0.2, 0.25) is 0 Å². The number of rotatable bonds is 7. The Balaban J connectivity index is 1.62. The molecule has 0 radical (unpaired) electrons. The van der Waals surface area contributed by atoms with Crippen LogP contribution in [0.1, 0.15) is 11.1 Å². The molecule has 0 heterocycles. The molecule has 4 nitrogen and oxygen atoms in total. The highest BCUT2D eigenvalue weighted by Crippen LogP contribution is 2.24. The van der Waals surface area contributed by atoms with Crippen LogP contribution in [0.5, 0.6) is 5.75 Å². The molecular formula is C18H20Cl2N2O2. The first-order valence-corrected chi connectivity index (χ1v) is 8.45. The number of urea groups is 1. The summed E-state index contributed by atoms with van der Waals surface area (Å²) in [5.74, 6) is 0.625. The zero-order chi connectivity index (χ0) is 17.4. The quantitative estimate of drug-likeness (QED) is 0.720. The molecule has 2 N–H and O–H groups in total. The smallest absolute Gasteiger partial charge is 0.314 e. The lowest BCUT2D eigenvalue weighted by molar-refractivity contribution is 0.236. The largest absolute Gasteiger partial charge is 0.490 e. The fourth-order valence-corrected chi connectivity index (χ4v) is 2.51. The van der Waals surface area contributed by atoms with Gasteiger partial charge in [-0.15, -0.1) is 0 Å². The number of amides is 2. The number of nitrogens with one attached hydrogen (secondary N) is 2. The molecule has 0 aromatic heterocycles. The second-order valence-electron chi connectivity index (χ2n) is 5.34. The molecule has 0 unspecified atom stereocenters. The van der Waals surface area contributed by atoms with E-state index < -0.39 is 0 Å². The van der Waals surface area contributed by atoms with Crippen LogP contribution < -0.4 is 15.4 Å². The van der Waals surface area contributed by atoms with Gasteiger partial charge in [0.1, 0.15) is 12.4 Å². The van der Waals surface area contributed by atoms with Crippen LogP contribution in [0.15, 0.2) is 42.5 Å². The summed E-state index contributed by atoms with van der Waals surface area (Å²) >= 11 is 12.0. The highest BCUT2D eigenvalue weighted by molar-refractivity contribution is 6.32. The number of carbonyl (C=O) groups is 1. The fraction of sp³-hybridized carbons (Fsp3) is 0.278. The van der Waals surface area contributed by atoms with Crippen LogP contribution in [0.2, 0.25) is 10.0 Å². The van der Waals surface area contributed by atoms with E-state index in [9.17, 15) is 4.79 Å². The summed E-state index contributed by atoms with van der Waals surface area (Å²) in [6.07, 6.45) is 0.726.